The molecule has 3 heteroatoms. The second-order valence-electron chi connectivity index (χ2n) is 5.50. The lowest BCUT2D eigenvalue weighted by atomic mass is 10.1. The van der Waals surface area contributed by atoms with Gasteiger partial charge in [-0.05, 0) is 25.8 Å². The summed E-state index contributed by atoms with van der Waals surface area (Å²) in [4.78, 5) is 0. The number of hydrogen-bond donors (Lipinski definition) is 1. The molecule has 0 radical (unpaired) electrons. The highest BCUT2D eigenvalue weighted by Gasteiger charge is 2.14. The third kappa shape index (κ3) is 4.93. The second-order valence-corrected chi connectivity index (χ2v) is 5.50. The first-order valence-corrected chi connectivity index (χ1v) is 8.56. The van der Waals surface area contributed by atoms with E-state index in [1.54, 1.807) is 0 Å². The summed E-state index contributed by atoms with van der Waals surface area (Å²) in [6.45, 7) is 12.0. The van der Waals surface area contributed by atoms with Gasteiger partial charge in [-0.15, -0.1) is 0 Å². The zero-order chi connectivity index (χ0) is 14.8. The van der Waals surface area contributed by atoms with Gasteiger partial charge in [0.2, 0.25) is 0 Å². The van der Waals surface area contributed by atoms with Crippen LogP contribution in [-0.4, -0.2) is 16.3 Å². The van der Waals surface area contributed by atoms with Crippen LogP contribution in [0.5, 0.6) is 0 Å². The van der Waals surface area contributed by atoms with Gasteiger partial charge in [0, 0.05) is 24.3 Å². The van der Waals surface area contributed by atoms with Crippen LogP contribution < -0.4 is 5.32 Å². The average Bonchev–Trinajstić information content (AvgIpc) is 2.81. The molecule has 0 fully saturated rings. The van der Waals surface area contributed by atoms with Crippen molar-refractivity contribution >= 4 is 0 Å². The molecular formula is C17H33N3. The van der Waals surface area contributed by atoms with E-state index in [1.807, 2.05) is 0 Å². The van der Waals surface area contributed by atoms with Crippen LogP contribution in [0, 0.1) is 0 Å². The van der Waals surface area contributed by atoms with Crippen molar-refractivity contribution in [1.29, 1.82) is 0 Å². The quantitative estimate of drug-likeness (QED) is 0.618. The maximum absolute atomic E-state index is 4.85. The van der Waals surface area contributed by atoms with Crippen molar-refractivity contribution in [2.75, 3.05) is 6.54 Å². The second kappa shape index (κ2) is 9.98. The van der Waals surface area contributed by atoms with Gasteiger partial charge >= 0.3 is 0 Å². The fourth-order valence-corrected chi connectivity index (χ4v) is 2.77. The number of hydrogen-bond acceptors (Lipinski definition) is 2. The van der Waals surface area contributed by atoms with Gasteiger partial charge < -0.3 is 5.32 Å². The Labute approximate surface area is 125 Å². The van der Waals surface area contributed by atoms with Crippen LogP contribution in [0.3, 0.4) is 0 Å². The topological polar surface area (TPSA) is 29.9 Å². The minimum atomic E-state index is 0.971. The summed E-state index contributed by atoms with van der Waals surface area (Å²) in [5.74, 6) is 0. The van der Waals surface area contributed by atoms with Crippen LogP contribution in [0.2, 0.25) is 0 Å². The standard InChI is InChI=1S/C17H33N3/c1-5-9-10-11-12-13-20-17(7-3)15(14-18-8-4)16(6-2)19-20/h18H,5-14H2,1-4H3. The summed E-state index contributed by atoms with van der Waals surface area (Å²) >= 11 is 0. The molecular weight excluding hydrogens is 246 g/mol. The van der Waals surface area contributed by atoms with E-state index in [2.05, 4.69) is 37.7 Å². The summed E-state index contributed by atoms with van der Waals surface area (Å²) in [6.07, 6.45) is 8.77. The van der Waals surface area contributed by atoms with Crippen molar-refractivity contribution in [3.63, 3.8) is 0 Å². The van der Waals surface area contributed by atoms with Crippen molar-refractivity contribution in [2.24, 2.45) is 0 Å². The molecule has 0 aliphatic carbocycles. The molecule has 0 unspecified atom stereocenters. The minimum Gasteiger partial charge on any atom is -0.313 e. The number of nitrogens with one attached hydrogen (secondary N) is 1. The molecule has 1 heterocycles. The molecule has 0 aliphatic heterocycles. The van der Waals surface area contributed by atoms with Crippen LogP contribution in [0.25, 0.3) is 0 Å². The van der Waals surface area contributed by atoms with Gasteiger partial charge in [-0.25, -0.2) is 0 Å². The molecule has 0 spiro atoms. The summed E-state index contributed by atoms with van der Waals surface area (Å²) in [5, 5.41) is 8.30. The Morgan fingerprint density at radius 1 is 0.950 bits per heavy atom. The normalized spacial score (nSPS) is 11.2. The van der Waals surface area contributed by atoms with E-state index in [0.29, 0.717) is 0 Å². The van der Waals surface area contributed by atoms with E-state index in [4.69, 9.17) is 5.10 Å². The van der Waals surface area contributed by atoms with Crippen LogP contribution in [-0.2, 0) is 25.9 Å². The van der Waals surface area contributed by atoms with Crippen molar-refractivity contribution in [3.05, 3.63) is 17.0 Å². The smallest absolute Gasteiger partial charge is 0.0669 e. The van der Waals surface area contributed by atoms with Gasteiger partial charge in [-0.1, -0.05) is 53.4 Å². The molecule has 1 N–H and O–H groups in total. The summed E-state index contributed by atoms with van der Waals surface area (Å²) in [7, 11) is 0. The molecule has 0 saturated heterocycles. The summed E-state index contributed by atoms with van der Waals surface area (Å²) in [5.41, 5.74) is 4.18. The molecule has 1 aromatic heterocycles. The lowest BCUT2D eigenvalue weighted by Crippen LogP contribution is -2.14. The van der Waals surface area contributed by atoms with Crippen LogP contribution >= 0.6 is 0 Å². The van der Waals surface area contributed by atoms with E-state index >= 15 is 0 Å². The summed E-state index contributed by atoms with van der Waals surface area (Å²) < 4.78 is 2.28. The fourth-order valence-electron chi connectivity index (χ4n) is 2.77. The van der Waals surface area contributed by atoms with E-state index in [-0.39, 0.29) is 0 Å². The molecule has 1 rings (SSSR count). The van der Waals surface area contributed by atoms with E-state index < -0.39 is 0 Å². The molecule has 0 saturated carbocycles. The highest BCUT2D eigenvalue weighted by atomic mass is 15.3. The first-order valence-electron chi connectivity index (χ1n) is 8.56. The SMILES string of the molecule is CCCCCCCn1nc(CC)c(CNCC)c1CC. The molecule has 0 amide bonds. The Balaban J connectivity index is 2.66. The highest BCUT2D eigenvalue weighted by Crippen LogP contribution is 2.17. The molecule has 0 aromatic carbocycles. The zero-order valence-electron chi connectivity index (χ0n) is 14.0. The Kier molecular flexibility index (Phi) is 8.59. The predicted molar refractivity (Wildman–Crippen MR) is 87.1 cm³/mol. The van der Waals surface area contributed by atoms with Gasteiger partial charge in [-0.3, -0.25) is 4.68 Å². The first-order chi connectivity index (χ1) is 9.78. The molecule has 20 heavy (non-hydrogen) atoms. The Morgan fingerprint density at radius 2 is 1.70 bits per heavy atom. The average molecular weight is 279 g/mol. The van der Waals surface area contributed by atoms with Crippen LogP contribution in [0.1, 0.15) is 76.8 Å². The van der Waals surface area contributed by atoms with E-state index in [9.17, 15) is 0 Å². The van der Waals surface area contributed by atoms with Gasteiger partial charge in [-0.2, -0.15) is 5.10 Å². The molecule has 0 bridgehead atoms. The van der Waals surface area contributed by atoms with Gasteiger partial charge in [0.25, 0.3) is 0 Å². The number of aromatic nitrogens is 2. The summed E-state index contributed by atoms with van der Waals surface area (Å²) in [6, 6.07) is 0. The van der Waals surface area contributed by atoms with Crippen LogP contribution in [0.15, 0.2) is 0 Å². The highest BCUT2D eigenvalue weighted by molar-refractivity contribution is 5.26. The Morgan fingerprint density at radius 3 is 2.30 bits per heavy atom. The largest absolute Gasteiger partial charge is 0.313 e. The molecule has 0 aliphatic rings. The number of unbranched alkanes of at least 4 members (excludes halogenated alkanes) is 4. The predicted octanol–water partition coefficient (Wildman–Crippen LogP) is 4.09. The zero-order valence-corrected chi connectivity index (χ0v) is 14.0. The Bertz CT molecular complexity index is 369. The molecule has 3 nitrogen and oxygen atoms in total. The van der Waals surface area contributed by atoms with E-state index in [0.717, 1.165) is 32.5 Å². The van der Waals surface area contributed by atoms with Gasteiger partial charge in [0.15, 0.2) is 0 Å². The number of aryl methyl sites for hydroxylation is 2. The fraction of sp³-hybridized carbons (Fsp3) is 0.824. The first kappa shape index (κ1) is 17.2. The van der Waals surface area contributed by atoms with Gasteiger partial charge in [0.05, 0.1) is 5.69 Å². The van der Waals surface area contributed by atoms with E-state index in [1.165, 1.54) is 49.1 Å². The maximum Gasteiger partial charge on any atom is 0.0669 e. The molecule has 1 aromatic rings. The van der Waals surface area contributed by atoms with Crippen molar-refractivity contribution in [2.45, 2.75) is 85.7 Å². The lowest BCUT2D eigenvalue weighted by Gasteiger charge is -2.08. The molecule has 0 atom stereocenters. The monoisotopic (exact) mass is 279 g/mol. The number of rotatable bonds is 11. The molecule has 116 valence electrons. The van der Waals surface area contributed by atoms with Crippen LogP contribution in [0.4, 0.5) is 0 Å². The minimum absolute atomic E-state index is 0.971. The third-order valence-electron chi connectivity index (χ3n) is 3.94. The van der Waals surface area contributed by atoms with Gasteiger partial charge in [0.1, 0.15) is 0 Å². The third-order valence-corrected chi connectivity index (χ3v) is 3.94. The number of nitrogens with zero attached hydrogens (tertiary/aromatic N) is 2. The van der Waals surface area contributed by atoms with Crippen molar-refractivity contribution in [1.82, 2.24) is 15.1 Å². The Hall–Kier alpha value is -0.830. The lowest BCUT2D eigenvalue weighted by molar-refractivity contribution is 0.515. The van der Waals surface area contributed by atoms with Crippen molar-refractivity contribution in [3.8, 4) is 0 Å². The maximum atomic E-state index is 4.85. The van der Waals surface area contributed by atoms with Crippen molar-refractivity contribution < 1.29 is 0 Å².